The Balaban J connectivity index is 2.11. The molecule has 3 rings (SSSR count). The molecule has 1 aliphatic heterocycles. The van der Waals surface area contributed by atoms with E-state index in [0.29, 0.717) is 11.8 Å². The zero-order valence-corrected chi connectivity index (χ0v) is 19.9. The third kappa shape index (κ3) is 3.75. The summed E-state index contributed by atoms with van der Waals surface area (Å²) in [7, 11) is 0. The van der Waals surface area contributed by atoms with E-state index in [0.717, 1.165) is 17.8 Å². The molecule has 0 N–H and O–H groups in total. The average Bonchev–Trinajstić information content (AvgIpc) is 2.83. The summed E-state index contributed by atoms with van der Waals surface area (Å²) < 4.78 is 0. The second-order valence-corrected chi connectivity index (χ2v) is 11.4. The molecular weight excluding hydrogens is 338 g/mol. The molecule has 1 aliphatic carbocycles. The molecule has 156 valence electrons. The van der Waals surface area contributed by atoms with Crippen molar-refractivity contribution in [3.63, 3.8) is 0 Å². The number of hydrogen-bond acceptors (Lipinski definition) is 1. The number of rotatable bonds is 4. The first-order chi connectivity index (χ1) is 13.0. The summed E-state index contributed by atoms with van der Waals surface area (Å²) in [6.45, 7) is 25.8. The van der Waals surface area contributed by atoms with Gasteiger partial charge in [0.15, 0.2) is 0 Å². The van der Waals surface area contributed by atoms with Gasteiger partial charge < -0.3 is 4.90 Å². The van der Waals surface area contributed by atoms with E-state index in [9.17, 15) is 0 Å². The molecule has 0 bridgehead atoms. The number of para-hydroxylation sites is 1. The van der Waals surface area contributed by atoms with Gasteiger partial charge >= 0.3 is 0 Å². The molecule has 0 aromatic heterocycles. The second kappa shape index (κ2) is 7.69. The van der Waals surface area contributed by atoms with Gasteiger partial charge in [-0.05, 0) is 73.8 Å². The zero-order valence-electron chi connectivity index (χ0n) is 19.9. The van der Waals surface area contributed by atoms with Crippen LogP contribution in [0.3, 0.4) is 0 Å². The fourth-order valence-electron chi connectivity index (χ4n) is 6.31. The van der Waals surface area contributed by atoms with Crippen LogP contribution in [0.25, 0.3) is 0 Å². The molecule has 1 heterocycles. The summed E-state index contributed by atoms with van der Waals surface area (Å²) in [6.07, 6.45) is 5.28. The van der Waals surface area contributed by atoms with E-state index in [1.165, 1.54) is 42.5 Å². The topological polar surface area (TPSA) is 3.24 Å². The molecular formula is C27H43N. The summed E-state index contributed by atoms with van der Waals surface area (Å²) >= 11 is 0. The van der Waals surface area contributed by atoms with Crippen LogP contribution in [-0.2, 0) is 0 Å². The van der Waals surface area contributed by atoms with E-state index in [4.69, 9.17) is 0 Å². The molecule has 2 radical (unpaired) electrons. The van der Waals surface area contributed by atoms with Crippen molar-refractivity contribution < 1.29 is 0 Å². The number of hydrogen-bond donors (Lipinski definition) is 0. The first-order valence-electron chi connectivity index (χ1n) is 11.7. The Kier molecular flexibility index (Phi) is 5.97. The molecule has 28 heavy (non-hydrogen) atoms. The van der Waals surface area contributed by atoms with Crippen molar-refractivity contribution in [3.05, 3.63) is 35.9 Å². The van der Waals surface area contributed by atoms with E-state index < -0.39 is 0 Å². The summed E-state index contributed by atoms with van der Waals surface area (Å²) in [5.41, 5.74) is 4.75. The third-order valence-corrected chi connectivity index (χ3v) is 7.45. The van der Waals surface area contributed by atoms with Crippen LogP contribution in [0.4, 0.5) is 5.69 Å². The Hall–Kier alpha value is -0.980. The minimum Gasteiger partial charge on any atom is -0.355 e. The highest BCUT2D eigenvalue weighted by Gasteiger charge is 2.56. The fraction of sp³-hybridized carbons (Fsp3) is 0.741. The minimum absolute atomic E-state index is 0.110. The maximum Gasteiger partial charge on any atom is 0.0989 e. The van der Waals surface area contributed by atoms with Crippen LogP contribution in [0.15, 0.2) is 18.2 Å². The van der Waals surface area contributed by atoms with Crippen molar-refractivity contribution >= 4 is 5.69 Å². The summed E-state index contributed by atoms with van der Waals surface area (Å²) in [5, 5.41) is 0. The molecule has 1 nitrogen and oxygen atoms in total. The van der Waals surface area contributed by atoms with Crippen LogP contribution in [0.5, 0.6) is 0 Å². The molecule has 1 unspecified atom stereocenters. The lowest BCUT2D eigenvalue weighted by atomic mass is 9.58. The van der Waals surface area contributed by atoms with Gasteiger partial charge in [-0.25, -0.2) is 0 Å². The molecule has 1 aromatic rings. The lowest BCUT2D eigenvalue weighted by Crippen LogP contribution is -2.39. The van der Waals surface area contributed by atoms with Crippen LogP contribution in [-0.4, -0.2) is 5.54 Å². The second-order valence-electron chi connectivity index (χ2n) is 11.4. The molecule has 1 spiro atoms. The smallest absolute Gasteiger partial charge is 0.0989 e. The first kappa shape index (κ1) is 21.7. The summed E-state index contributed by atoms with van der Waals surface area (Å²) in [4.78, 5) is 2.60. The van der Waals surface area contributed by atoms with E-state index in [1.807, 2.05) is 0 Å². The predicted octanol–water partition coefficient (Wildman–Crippen LogP) is 8.04. The lowest BCUT2D eigenvalue weighted by Gasteiger charge is -2.45. The van der Waals surface area contributed by atoms with E-state index in [2.05, 4.69) is 92.0 Å². The van der Waals surface area contributed by atoms with Crippen molar-refractivity contribution in [3.8, 4) is 0 Å². The van der Waals surface area contributed by atoms with Crippen molar-refractivity contribution in [2.75, 3.05) is 4.90 Å². The van der Waals surface area contributed by atoms with Gasteiger partial charge in [-0.3, -0.25) is 0 Å². The zero-order chi connectivity index (χ0) is 20.9. The monoisotopic (exact) mass is 381 g/mol. The Morgan fingerprint density at radius 3 is 2.04 bits per heavy atom. The van der Waals surface area contributed by atoms with Gasteiger partial charge in [0, 0.05) is 16.6 Å². The van der Waals surface area contributed by atoms with Gasteiger partial charge in [0.25, 0.3) is 0 Å². The van der Waals surface area contributed by atoms with Gasteiger partial charge in [0.1, 0.15) is 0 Å². The molecule has 2 fully saturated rings. The summed E-state index contributed by atoms with van der Waals surface area (Å²) in [5.74, 6) is 3.33. The van der Waals surface area contributed by atoms with Crippen molar-refractivity contribution in [1.29, 1.82) is 0 Å². The molecule has 1 aromatic carbocycles. The minimum atomic E-state index is 0.110. The molecule has 1 saturated heterocycles. The fourth-order valence-corrected chi connectivity index (χ4v) is 6.31. The molecule has 0 amide bonds. The van der Waals surface area contributed by atoms with Crippen molar-refractivity contribution in [2.24, 2.45) is 23.2 Å². The quantitative estimate of drug-likeness (QED) is 0.510. The highest BCUT2D eigenvalue weighted by molar-refractivity contribution is 5.66. The number of anilines is 1. The average molecular weight is 382 g/mol. The van der Waals surface area contributed by atoms with Gasteiger partial charge in [-0.1, -0.05) is 73.1 Å². The first-order valence-corrected chi connectivity index (χ1v) is 11.7. The van der Waals surface area contributed by atoms with E-state index in [-0.39, 0.29) is 11.0 Å². The Morgan fingerprint density at radius 2 is 1.54 bits per heavy atom. The van der Waals surface area contributed by atoms with Crippen LogP contribution < -0.4 is 4.90 Å². The predicted molar refractivity (Wildman–Crippen MR) is 123 cm³/mol. The van der Waals surface area contributed by atoms with Crippen molar-refractivity contribution in [2.45, 2.75) is 105 Å². The Labute approximate surface area is 175 Å². The lowest BCUT2D eigenvalue weighted by molar-refractivity contribution is 0.0611. The van der Waals surface area contributed by atoms with E-state index in [1.54, 1.807) is 0 Å². The third-order valence-electron chi connectivity index (χ3n) is 7.45. The van der Waals surface area contributed by atoms with Crippen LogP contribution in [0, 0.1) is 29.7 Å². The Bertz CT molecular complexity index is 657. The summed E-state index contributed by atoms with van der Waals surface area (Å²) in [6, 6.07) is 6.95. The van der Waals surface area contributed by atoms with Crippen LogP contribution in [0.2, 0.25) is 0 Å². The van der Waals surface area contributed by atoms with Crippen LogP contribution >= 0.6 is 0 Å². The molecule has 1 heteroatoms. The van der Waals surface area contributed by atoms with Gasteiger partial charge in [-0.2, -0.15) is 0 Å². The standard InChI is InChI=1S/C27H43N/c1-18(2)22-11-10-12-23(19(3)4)25(22)28-17-27(16-26(28,8)9)15-21(7)13-14-24(27)20(5)6/h10-12,18-21,24H,13-16H2,1-9H3/t21-,24+,27?/m1/s1. The molecule has 3 atom stereocenters. The normalized spacial score (nSPS) is 30.2. The van der Waals surface area contributed by atoms with Crippen molar-refractivity contribution in [1.82, 2.24) is 0 Å². The van der Waals surface area contributed by atoms with Gasteiger partial charge in [0.2, 0.25) is 0 Å². The molecule has 2 aliphatic rings. The van der Waals surface area contributed by atoms with Gasteiger partial charge in [0.05, 0.1) is 6.54 Å². The largest absolute Gasteiger partial charge is 0.355 e. The SMILES string of the molecule is CC(C)c1cccc(C(C)C)c1N1[C]C2(C[C@H](C)CC[C@H]2C(C)C)CC1(C)C. The van der Waals surface area contributed by atoms with Crippen LogP contribution in [0.1, 0.15) is 111 Å². The number of benzene rings is 1. The maximum absolute atomic E-state index is 4.20. The maximum atomic E-state index is 4.20. The number of nitrogens with zero attached hydrogens (tertiary/aromatic N) is 1. The highest BCUT2D eigenvalue weighted by Crippen LogP contribution is 2.60. The highest BCUT2D eigenvalue weighted by atomic mass is 15.2. The van der Waals surface area contributed by atoms with E-state index >= 15 is 0 Å². The Morgan fingerprint density at radius 1 is 0.964 bits per heavy atom. The van der Waals surface area contributed by atoms with Gasteiger partial charge in [-0.15, -0.1) is 0 Å². The molecule has 1 saturated carbocycles.